The predicted octanol–water partition coefficient (Wildman–Crippen LogP) is 3.07. The summed E-state index contributed by atoms with van der Waals surface area (Å²) in [6.07, 6.45) is 0. The molecule has 0 radical (unpaired) electrons. The van der Waals surface area contributed by atoms with Gasteiger partial charge in [-0.3, -0.25) is 4.79 Å². The molecule has 2 N–H and O–H groups in total. The van der Waals surface area contributed by atoms with E-state index in [9.17, 15) is 4.79 Å². The maximum atomic E-state index is 11.3. The number of fused-ring (bicyclic) bond motifs is 1. The molecule has 0 bridgehead atoms. The van der Waals surface area contributed by atoms with Gasteiger partial charge in [0.05, 0.1) is 23.0 Å². The fourth-order valence-corrected chi connectivity index (χ4v) is 2.88. The van der Waals surface area contributed by atoms with E-state index in [1.807, 2.05) is 23.6 Å². The zero-order valence-corrected chi connectivity index (χ0v) is 11.6. The number of nitrogens with two attached hydrogens (primary N) is 1. The second-order valence-corrected chi connectivity index (χ2v) is 5.21. The number of benzene rings is 1. The first-order chi connectivity index (χ1) is 9.69. The molecular weight excluding hydrogens is 272 g/mol. The molecule has 100 valence electrons. The summed E-state index contributed by atoms with van der Waals surface area (Å²) in [4.78, 5) is 15.9. The van der Waals surface area contributed by atoms with Gasteiger partial charge < -0.3 is 10.5 Å². The van der Waals surface area contributed by atoms with E-state index in [2.05, 4.69) is 4.98 Å². The summed E-state index contributed by atoms with van der Waals surface area (Å²) in [5.41, 5.74) is 8.26. The highest BCUT2D eigenvalue weighted by Gasteiger charge is 2.10. The van der Waals surface area contributed by atoms with Crippen LogP contribution in [0.3, 0.4) is 0 Å². The molecule has 0 unspecified atom stereocenters. The molecule has 0 fully saturated rings. The minimum Gasteiger partial charge on any atom is -0.495 e. The molecule has 1 amide bonds. The molecule has 3 aromatic rings. The molecule has 0 atom stereocenters. The number of hydrogen-bond acceptors (Lipinski definition) is 4. The highest BCUT2D eigenvalue weighted by molar-refractivity contribution is 7.17. The Morgan fingerprint density at radius 1 is 1.30 bits per heavy atom. The van der Waals surface area contributed by atoms with Gasteiger partial charge in [0.25, 0.3) is 0 Å². The molecule has 3 rings (SSSR count). The van der Waals surface area contributed by atoms with Crippen LogP contribution in [-0.4, -0.2) is 18.0 Å². The molecule has 2 aromatic heterocycles. The number of thiophene rings is 1. The van der Waals surface area contributed by atoms with Gasteiger partial charge in [-0.1, -0.05) is 12.1 Å². The molecule has 0 spiro atoms. The average Bonchev–Trinajstić information content (AvgIpc) is 2.94. The van der Waals surface area contributed by atoms with E-state index in [0.717, 1.165) is 27.2 Å². The molecule has 2 heterocycles. The Morgan fingerprint density at radius 3 is 2.90 bits per heavy atom. The van der Waals surface area contributed by atoms with E-state index in [4.69, 9.17) is 10.5 Å². The monoisotopic (exact) mass is 284 g/mol. The van der Waals surface area contributed by atoms with Gasteiger partial charge in [0, 0.05) is 17.2 Å². The van der Waals surface area contributed by atoms with E-state index in [-0.39, 0.29) is 0 Å². The SMILES string of the molecule is COc1cc(-c2cccc(C(N)=O)c2)nc2ccsc12. The van der Waals surface area contributed by atoms with Crippen LogP contribution in [0.1, 0.15) is 10.4 Å². The van der Waals surface area contributed by atoms with Crippen molar-refractivity contribution in [1.82, 2.24) is 4.98 Å². The quantitative estimate of drug-likeness (QED) is 0.803. The highest BCUT2D eigenvalue weighted by atomic mass is 32.1. The first-order valence-corrected chi connectivity index (χ1v) is 6.89. The number of aromatic nitrogens is 1. The Bertz CT molecular complexity index is 795. The van der Waals surface area contributed by atoms with Crippen LogP contribution in [0.25, 0.3) is 21.5 Å². The first kappa shape index (κ1) is 12.6. The van der Waals surface area contributed by atoms with E-state index in [1.54, 1.807) is 36.6 Å². The predicted molar refractivity (Wildman–Crippen MR) is 80.1 cm³/mol. The van der Waals surface area contributed by atoms with Gasteiger partial charge >= 0.3 is 0 Å². The number of carbonyl (C=O) groups is 1. The van der Waals surface area contributed by atoms with Crippen LogP contribution in [0, 0.1) is 0 Å². The summed E-state index contributed by atoms with van der Waals surface area (Å²) in [7, 11) is 1.64. The summed E-state index contributed by atoms with van der Waals surface area (Å²) >= 11 is 1.59. The van der Waals surface area contributed by atoms with Crippen molar-refractivity contribution in [1.29, 1.82) is 0 Å². The lowest BCUT2D eigenvalue weighted by atomic mass is 10.1. The lowest BCUT2D eigenvalue weighted by Crippen LogP contribution is -2.10. The average molecular weight is 284 g/mol. The van der Waals surface area contributed by atoms with E-state index in [1.165, 1.54) is 0 Å². The molecule has 0 aliphatic carbocycles. The second-order valence-electron chi connectivity index (χ2n) is 4.29. The molecule has 0 saturated carbocycles. The standard InChI is InChI=1S/C15H12N2O2S/c1-19-13-8-12(17-11-5-6-20-14(11)13)9-3-2-4-10(7-9)15(16)18/h2-8H,1H3,(H2,16,18). The van der Waals surface area contributed by atoms with Gasteiger partial charge in [-0.25, -0.2) is 4.98 Å². The summed E-state index contributed by atoms with van der Waals surface area (Å²) < 4.78 is 6.42. The Balaban J connectivity index is 2.18. The van der Waals surface area contributed by atoms with Crippen LogP contribution in [0.5, 0.6) is 5.75 Å². The second kappa shape index (κ2) is 4.94. The van der Waals surface area contributed by atoms with Crippen molar-refractivity contribution in [2.24, 2.45) is 5.73 Å². The van der Waals surface area contributed by atoms with Crippen LogP contribution < -0.4 is 10.5 Å². The topological polar surface area (TPSA) is 65.2 Å². The number of pyridine rings is 1. The fraction of sp³-hybridized carbons (Fsp3) is 0.0667. The number of methoxy groups -OCH3 is 1. The summed E-state index contributed by atoms with van der Waals surface area (Å²) in [5.74, 6) is 0.333. The summed E-state index contributed by atoms with van der Waals surface area (Å²) in [5, 5.41) is 1.98. The van der Waals surface area contributed by atoms with Gasteiger partial charge in [0.15, 0.2) is 0 Å². The summed E-state index contributed by atoms with van der Waals surface area (Å²) in [6, 6.07) is 10.9. The zero-order chi connectivity index (χ0) is 14.1. The molecule has 5 heteroatoms. The fourth-order valence-electron chi connectivity index (χ4n) is 2.06. The molecule has 1 aromatic carbocycles. The van der Waals surface area contributed by atoms with Gasteiger partial charge in [0.2, 0.25) is 5.91 Å². The van der Waals surface area contributed by atoms with Crippen molar-refractivity contribution in [2.75, 3.05) is 7.11 Å². The third kappa shape index (κ3) is 2.12. The maximum absolute atomic E-state index is 11.3. The van der Waals surface area contributed by atoms with Crippen molar-refractivity contribution < 1.29 is 9.53 Å². The van der Waals surface area contributed by atoms with E-state index in [0.29, 0.717) is 5.56 Å². The van der Waals surface area contributed by atoms with Crippen molar-refractivity contribution in [2.45, 2.75) is 0 Å². The molecular formula is C15H12N2O2S. The Hall–Kier alpha value is -2.40. The normalized spacial score (nSPS) is 10.7. The largest absolute Gasteiger partial charge is 0.495 e. The van der Waals surface area contributed by atoms with Crippen molar-refractivity contribution in [3.63, 3.8) is 0 Å². The lowest BCUT2D eigenvalue weighted by molar-refractivity contribution is 0.100. The Kier molecular flexibility index (Phi) is 3.12. The van der Waals surface area contributed by atoms with Gasteiger partial charge in [-0.05, 0) is 23.6 Å². The van der Waals surface area contributed by atoms with Crippen LogP contribution in [0.15, 0.2) is 41.8 Å². The number of hydrogen-bond donors (Lipinski definition) is 1. The minimum absolute atomic E-state index is 0.449. The van der Waals surface area contributed by atoms with Gasteiger partial charge in [-0.15, -0.1) is 11.3 Å². The zero-order valence-electron chi connectivity index (χ0n) is 10.8. The number of carbonyl (C=O) groups excluding carboxylic acids is 1. The van der Waals surface area contributed by atoms with E-state index < -0.39 is 5.91 Å². The third-order valence-corrected chi connectivity index (χ3v) is 3.96. The number of ether oxygens (including phenoxy) is 1. The van der Waals surface area contributed by atoms with Gasteiger partial charge in [0.1, 0.15) is 5.75 Å². The Morgan fingerprint density at radius 2 is 2.15 bits per heavy atom. The number of rotatable bonds is 3. The van der Waals surface area contributed by atoms with Crippen LogP contribution in [0.2, 0.25) is 0 Å². The maximum Gasteiger partial charge on any atom is 0.248 e. The summed E-state index contributed by atoms with van der Waals surface area (Å²) in [6.45, 7) is 0. The smallest absolute Gasteiger partial charge is 0.248 e. The number of nitrogens with zero attached hydrogens (tertiary/aromatic N) is 1. The first-order valence-electron chi connectivity index (χ1n) is 6.01. The molecule has 0 saturated heterocycles. The van der Waals surface area contributed by atoms with Crippen LogP contribution in [-0.2, 0) is 0 Å². The Labute approximate surface area is 119 Å². The van der Waals surface area contributed by atoms with Crippen LogP contribution >= 0.6 is 11.3 Å². The molecule has 0 aliphatic rings. The van der Waals surface area contributed by atoms with Crippen molar-refractivity contribution in [3.8, 4) is 17.0 Å². The van der Waals surface area contributed by atoms with Crippen molar-refractivity contribution in [3.05, 3.63) is 47.3 Å². The number of amides is 1. The van der Waals surface area contributed by atoms with Crippen molar-refractivity contribution >= 4 is 27.5 Å². The van der Waals surface area contributed by atoms with E-state index >= 15 is 0 Å². The lowest BCUT2D eigenvalue weighted by Gasteiger charge is -2.07. The molecule has 0 aliphatic heterocycles. The highest BCUT2D eigenvalue weighted by Crippen LogP contribution is 2.33. The van der Waals surface area contributed by atoms with Crippen LogP contribution in [0.4, 0.5) is 0 Å². The molecule has 4 nitrogen and oxygen atoms in total. The molecule has 20 heavy (non-hydrogen) atoms. The third-order valence-electron chi connectivity index (χ3n) is 3.04. The minimum atomic E-state index is -0.449. The van der Waals surface area contributed by atoms with Gasteiger partial charge in [-0.2, -0.15) is 0 Å². The number of primary amides is 1.